The van der Waals surface area contributed by atoms with Gasteiger partial charge >= 0.3 is 5.97 Å². The van der Waals surface area contributed by atoms with Crippen molar-refractivity contribution in [3.8, 4) is 0 Å². The molecule has 0 radical (unpaired) electrons. The van der Waals surface area contributed by atoms with Crippen molar-refractivity contribution in [3.05, 3.63) is 35.9 Å². The Morgan fingerprint density at radius 3 is 2.35 bits per heavy atom. The summed E-state index contributed by atoms with van der Waals surface area (Å²) in [6.45, 7) is 5.35. The fourth-order valence-electron chi connectivity index (χ4n) is 2.28. The van der Waals surface area contributed by atoms with Gasteiger partial charge in [0, 0.05) is 12.8 Å². The molecule has 0 spiro atoms. The topological polar surface area (TPSA) is 69.4 Å². The van der Waals surface area contributed by atoms with E-state index in [2.05, 4.69) is 12.1 Å². The molecular weight excluding hydrogens is 290 g/mol. The van der Waals surface area contributed by atoms with Crippen LogP contribution in [0.2, 0.25) is 0 Å². The Morgan fingerprint density at radius 1 is 1.09 bits per heavy atom. The van der Waals surface area contributed by atoms with Crippen molar-refractivity contribution < 1.29 is 14.3 Å². The number of hydrogen-bond donors (Lipinski definition) is 1. The Kier molecular flexibility index (Phi) is 7.96. The molecule has 0 aromatic heterocycles. The Bertz CT molecular complexity index is 491. The largest absolute Gasteiger partial charge is 0.459 e. The van der Waals surface area contributed by atoms with E-state index in [1.165, 1.54) is 5.56 Å². The highest BCUT2D eigenvalue weighted by Gasteiger charge is 2.23. The molecule has 0 fully saturated rings. The van der Waals surface area contributed by atoms with Crippen molar-refractivity contribution in [3.63, 3.8) is 0 Å². The van der Waals surface area contributed by atoms with E-state index in [1.807, 2.05) is 18.2 Å². The van der Waals surface area contributed by atoms with Crippen LogP contribution in [0, 0.1) is 0 Å². The molecule has 0 aliphatic carbocycles. The van der Waals surface area contributed by atoms with Crippen molar-refractivity contribution in [2.45, 2.75) is 70.9 Å². The second-order valence-corrected chi connectivity index (χ2v) is 6.93. The predicted molar refractivity (Wildman–Crippen MR) is 92.1 cm³/mol. The molecule has 1 rings (SSSR count). The van der Waals surface area contributed by atoms with Gasteiger partial charge in [-0.1, -0.05) is 36.8 Å². The van der Waals surface area contributed by atoms with E-state index in [-0.39, 0.29) is 12.2 Å². The van der Waals surface area contributed by atoms with Crippen LogP contribution in [0.25, 0.3) is 0 Å². The van der Waals surface area contributed by atoms with Gasteiger partial charge in [-0.2, -0.15) is 0 Å². The highest BCUT2D eigenvalue weighted by molar-refractivity contribution is 5.86. The zero-order chi connectivity index (χ0) is 17.3. The van der Waals surface area contributed by atoms with Gasteiger partial charge in [0.1, 0.15) is 17.4 Å². The molecule has 4 nitrogen and oxygen atoms in total. The molecule has 1 atom stereocenters. The van der Waals surface area contributed by atoms with Gasteiger partial charge in [-0.3, -0.25) is 9.59 Å². The number of hydrogen-bond acceptors (Lipinski definition) is 4. The number of esters is 1. The van der Waals surface area contributed by atoms with Crippen LogP contribution >= 0.6 is 0 Å². The lowest BCUT2D eigenvalue weighted by Crippen LogP contribution is -2.38. The van der Waals surface area contributed by atoms with Gasteiger partial charge in [0.25, 0.3) is 0 Å². The molecule has 1 unspecified atom stereocenters. The van der Waals surface area contributed by atoms with Gasteiger partial charge in [0.15, 0.2) is 0 Å². The number of rotatable bonds is 9. The van der Waals surface area contributed by atoms with Crippen LogP contribution < -0.4 is 5.73 Å². The minimum absolute atomic E-state index is 0.0306. The maximum absolute atomic E-state index is 11.9. The molecule has 23 heavy (non-hydrogen) atoms. The number of unbranched alkanes of at least 4 members (excludes halogenated alkanes) is 2. The maximum atomic E-state index is 11.9. The zero-order valence-corrected chi connectivity index (χ0v) is 14.5. The standard InChI is InChI=1S/C19H29NO3/c1-19(2,3)23-18(22)17(20)14-16(21)13-9-5-8-12-15-10-6-4-7-11-15/h4,6-7,10-11,17H,5,8-9,12-14,20H2,1-3H3. The average molecular weight is 319 g/mol. The number of benzene rings is 1. The maximum Gasteiger partial charge on any atom is 0.323 e. The molecule has 1 aromatic rings. The van der Waals surface area contributed by atoms with Gasteiger partial charge in [0.05, 0.1) is 0 Å². The highest BCUT2D eigenvalue weighted by atomic mass is 16.6. The van der Waals surface area contributed by atoms with E-state index in [0.717, 1.165) is 25.7 Å². The Morgan fingerprint density at radius 2 is 1.74 bits per heavy atom. The minimum Gasteiger partial charge on any atom is -0.459 e. The Hall–Kier alpha value is -1.68. The van der Waals surface area contributed by atoms with Crippen molar-refractivity contribution in [1.82, 2.24) is 0 Å². The van der Waals surface area contributed by atoms with Crippen molar-refractivity contribution in [2.75, 3.05) is 0 Å². The molecule has 0 heterocycles. The third kappa shape index (κ3) is 9.14. The van der Waals surface area contributed by atoms with Crippen molar-refractivity contribution >= 4 is 11.8 Å². The first-order valence-corrected chi connectivity index (χ1v) is 8.32. The number of ketones is 1. The second kappa shape index (κ2) is 9.46. The van der Waals surface area contributed by atoms with Gasteiger partial charge in [-0.15, -0.1) is 0 Å². The molecule has 2 N–H and O–H groups in total. The fraction of sp³-hybridized carbons (Fsp3) is 0.579. The zero-order valence-electron chi connectivity index (χ0n) is 14.5. The van der Waals surface area contributed by atoms with Gasteiger partial charge in [0.2, 0.25) is 0 Å². The number of carbonyl (C=O) groups excluding carboxylic acids is 2. The summed E-state index contributed by atoms with van der Waals surface area (Å²) in [4.78, 5) is 23.6. The van der Waals surface area contributed by atoms with E-state index >= 15 is 0 Å². The molecule has 0 aliphatic heterocycles. The number of nitrogens with two attached hydrogens (primary N) is 1. The van der Waals surface area contributed by atoms with E-state index in [0.29, 0.717) is 6.42 Å². The number of Topliss-reactive ketones (excluding diaryl/α,β-unsaturated/α-hetero) is 1. The van der Waals surface area contributed by atoms with Gasteiger partial charge < -0.3 is 10.5 Å². The van der Waals surface area contributed by atoms with Gasteiger partial charge in [-0.05, 0) is 45.6 Å². The molecule has 4 heteroatoms. The van der Waals surface area contributed by atoms with Crippen molar-refractivity contribution in [2.24, 2.45) is 5.73 Å². The molecule has 1 aromatic carbocycles. The fourth-order valence-corrected chi connectivity index (χ4v) is 2.28. The number of ether oxygens (including phenoxy) is 1. The molecule has 0 saturated carbocycles. The summed E-state index contributed by atoms with van der Waals surface area (Å²) in [6, 6.07) is 9.46. The predicted octanol–water partition coefficient (Wildman–Crippen LogP) is 3.42. The summed E-state index contributed by atoms with van der Waals surface area (Å²) in [5.41, 5.74) is 6.49. The lowest BCUT2D eigenvalue weighted by molar-refractivity contribution is -0.157. The molecule has 0 bridgehead atoms. The summed E-state index contributed by atoms with van der Waals surface area (Å²) in [5, 5.41) is 0. The van der Waals surface area contributed by atoms with E-state index in [1.54, 1.807) is 20.8 Å². The molecule has 0 amide bonds. The SMILES string of the molecule is CC(C)(C)OC(=O)C(N)CC(=O)CCCCCc1ccccc1. The first kappa shape index (κ1) is 19.4. The third-order valence-electron chi connectivity index (χ3n) is 3.42. The summed E-state index contributed by atoms with van der Waals surface area (Å²) >= 11 is 0. The van der Waals surface area contributed by atoms with Crippen LogP contribution in [0.1, 0.15) is 58.4 Å². The monoisotopic (exact) mass is 319 g/mol. The third-order valence-corrected chi connectivity index (χ3v) is 3.42. The summed E-state index contributed by atoms with van der Waals surface area (Å²) < 4.78 is 5.18. The van der Waals surface area contributed by atoms with E-state index < -0.39 is 17.6 Å². The highest BCUT2D eigenvalue weighted by Crippen LogP contribution is 2.11. The molecule has 128 valence electrons. The van der Waals surface area contributed by atoms with Crippen LogP contribution in [-0.2, 0) is 20.7 Å². The van der Waals surface area contributed by atoms with Crippen LogP contribution in [0.4, 0.5) is 0 Å². The molecule has 0 saturated heterocycles. The first-order valence-electron chi connectivity index (χ1n) is 8.32. The van der Waals surface area contributed by atoms with E-state index in [9.17, 15) is 9.59 Å². The lowest BCUT2D eigenvalue weighted by Gasteiger charge is -2.21. The van der Waals surface area contributed by atoms with Crippen LogP contribution in [0.15, 0.2) is 30.3 Å². The molecule has 0 aliphatic rings. The first-order chi connectivity index (χ1) is 10.8. The molecular formula is C19H29NO3. The van der Waals surface area contributed by atoms with Crippen molar-refractivity contribution in [1.29, 1.82) is 0 Å². The summed E-state index contributed by atoms with van der Waals surface area (Å²) in [6.07, 6.45) is 4.48. The van der Waals surface area contributed by atoms with Gasteiger partial charge in [-0.25, -0.2) is 0 Å². The smallest absolute Gasteiger partial charge is 0.323 e. The minimum atomic E-state index is -0.856. The van der Waals surface area contributed by atoms with Crippen LogP contribution in [0.5, 0.6) is 0 Å². The van der Waals surface area contributed by atoms with Crippen LogP contribution in [-0.4, -0.2) is 23.4 Å². The number of carbonyl (C=O) groups is 2. The number of aryl methyl sites for hydroxylation is 1. The summed E-state index contributed by atoms with van der Waals surface area (Å²) in [5.74, 6) is -0.474. The summed E-state index contributed by atoms with van der Waals surface area (Å²) in [7, 11) is 0. The average Bonchev–Trinajstić information content (AvgIpc) is 2.46. The second-order valence-electron chi connectivity index (χ2n) is 6.93. The quantitative estimate of drug-likeness (QED) is 0.559. The van der Waals surface area contributed by atoms with Crippen LogP contribution in [0.3, 0.4) is 0 Å². The lowest BCUT2D eigenvalue weighted by atomic mass is 10.0. The normalized spacial score (nSPS) is 12.7. The van der Waals surface area contributed by atoms with E-state index in [4.69, 9.17) is 10.5 Å². The Balaban J connectivity index is 2.15. The Labute approximate surface area is 139 Å².